The maximum Gasteiger partial charge on any atom is 0.159 e. The van der Waals surface area contributed by atoms with Crippen molar-refractivity contribution in [3.05, 3.63) is 240 Å². The van der Waals surface area contributed by atoms with E-state index in [2.05, 4.69) is 258 Å². The van der Waals surface area contributed by atoms with Crippen molar-refractivity contribution in [1.82, 2.24) is 0 Å². The SMILES string of the molecule is Cc1cccc(N(c2ccc3ccc4c(N(c5cccc(C)c5)c5cccc6c5oc5c(-c7c(C)cccc7C)cccc56)ccc5ccc2c3c54)c2cccc3c2oc2c(-c4c(C)cccc4C)cccc23)c1. The Balaban J connectivity index is 1.01. The van der Waals surface area contributed by atoms with Crippen molar-refractivity contribution in [1.29, 1.82) is 0 Å². The molecular weight excluding hydrogens is 901 g/mol. The van der Waals surface area contributed by atoms with E-state index in [1.54, 1.807) is 0 Å². The highest BCUT2D eigenvalue weighted by molar-refractivity contribution is 6.29. The molecule has 4 heteroatoms. The van der Waals surface area contributed by atoms with Crippen LogP contribution in [0.25, 0.3) is 98.4 Å². The summed E-state index contributed by atoms with van der Waals surface area (Å²) < 4.78 is 14.5. The molecule has 0 aliphatic carbocycles. The predicted octanol–water partition coefficient (Wildman–Crippen LogP) is 20.5. The molecule has 0 bridgehead atoms. The number of nitrogens with zero attached hydrogens (tertiary/aromatic N) is 2. The van der Waals surface area contributed by atoms with Crippen molar-refractivity contribution in [3.63, 3.8) is 0 Å². The molecule has 0 atom stereocenters. The van der Waals surface area contributed by atoms with Crippen LogP contribution in [0.4, 0.5) is 34.1 Å². The van der Waals surface area contributed by atoms with Gasteiger partial charge in [-0.15, -0.1) is 0 Å². The molecule has 0 amide bonds. The third-order valence-electron chi connectivity index (χ3n) is 15.6. The molecule has 74 heavy (non-hydrogen) atoms. The van der Waals surface area contributed by atoms with E-state index in [4.69, 9.17) is 8.83 Å². The number of rotatable bonds is 8. The number of hydrogen-bond acceptors (Lipinski definition) is 4. The first-order chi connectivity index (χ1) is 36.2. The van der Waals surface area contributed by atoms with Gasteiger partial charge in [-0.3, -0.25) is 0 Å². The van der Waals surface area contributed by atoms with Gasteiger partial charge in [-0.25, -0.2) is 0 Å². The van der Waals surface area contributed by atoms with Crippen molar-refractivity contribution < 1.29 is 8.83 Å². The van der Waals surface area contributed by atoms with Crippen LogP contribution in [0.2, 0.25) is 0 Å². The summed E-state index contributed by atoms with van der Waals surface area (Å²) in [6.45, 7) is 13.1. The van der Waals surface area contributed by atoms with E-state index in [0.29, 0.717) is 0 Å². The molecule has 14 aromatic rings. The summed E-state index contributed by atoms with van der Waals surface area (Å²) in [5, 5.41) is 11.5. The molecule has 12 aromatic carbocycles. The van der Waals surface area contributed by atoms with Crippen LogP contribution >= 0.6 is 0 Å². The van der Waals surface area contributed by atoms with Crippen molar-refractivity contribution in [3.8, 4) is 22.3 Å². The molecule has 354 valence electrons. The van der Waals surface area contributed by atoms with Gasteiger partial charge < -0.3 is 18.6 Å². The Bertz CT molecular complexity index is 4260. The zero-order valence-corrected chi connectivity index (χ0v) is 42.3. The molecule has 0 aliphatic rings. The van der Waals surface area contributed by atoms with E-state index in [1.807, 2.05) is 0 Å². The second-order valence-corrected chi connectivity index (χ2v) is 20.4. The third-order valence-corrected chi connectivity index (χ3v) is 15.6. The molecule has 2 aromatic heterocycles. The zero-order valence-electron chi connectivity index (χ0n) is 42.3. The van der Waals surface area contributed by atoms with Crippen LogP contribution in [-0.4, -0.2) is 0 Å². The summed E-state index contributed by atoms with van der Waals surface area (Å²) in [4.78, 5) is 4.83. The lowest BCUT2D eigenvalue weighted by atomic mass is 9.91. The number of anilines is 6. The Hall–Kier alpha value is -9.12. The number of hydrogen-bond donors (Lipinski definition) is 0. The van der Waals surface area contributed by atoms with E-state index in [-0.39, 0.29) is 0 Å². The Morgan fingerprint density at radius 1 is 0.284 bits per heavy atom. The molecule has 0 N–H and O–H groups in total. The first-order valence-corrected chi connectivity index (χ1v) is 25.7. The quantitative estimate of drug-likeness (QED) is 0.142. The Labute approximate surface area is 430 Å². The molecule has 0 saturated carbocycles. The second-order valence-electron chi connectivity index (χ2n) is 20.4. The summed E-state index contributed by atoms with van der Waals surface area (Å²) in [6, 6.07) is 75.4. The minimum atomic E-state index is 0.852. The first-order valence-electron chi connectivity index (χ1n) is 25.7. The number of furan rings is 2. The third kappa shape index (κ3) is 6.61. The number of benzene rings is 12. The van der Waals surface area contributed by atoms with Crippen LogP contribution in [0.1, 0.15) is 33.4 Å². The maximum atomic E-state index is 7.23. The van der Waals surface area contributed by atoms with E-state index in [9.17, 15) is 0 Å². The van der Waals surface area contributed by atoms with Gasteiger partial charge in [0.1, 0.15) is 11.2 Å². The lowest BCUT2D eigenvalue weighted by molar-refractivity contribution is 0.669. The molecule has 0 radical (unpaired) electrons. The van der Waals surface area contributed by atoms with Crippen LogP contribution in [-0.2, 0) is 0 Å². The van der Waals surface area contributed by atoms with Crippen molar-refractivity contribution in [2.75, 3.05) is 9.80 Å². The molecule has 0 spiro atoms. The summed E-state index contributed by atoms with van der Waals surface area (Å²) in [5.74, 6) is 0. The smallest absolute Gasteiger partial charge is 0.159 e. The van der Waals surface area contributed by atoms with Gasteiger partial charge in [0.25, 0.3) is 0 Å². The van der Waals surface area contributed by atoms with Crippen LogP contribution in [0.3, 0.4) is 0 Å². The Morgan fingerprint density at radius 3 is 1.04 bits per heavy atom. The largest absolute Gasteiger partial charge is 0.453 e. The Kier molecular flexibility index (Phi) is 9.87. The fourth-order valence-electron chi connectivity index (χ4n) is 12.3. The molecule has 0 fully saturated rings. The standard InChI is InChI=1S/C70H52N2O2/c1-41-15-7-21-49(39-41)71(61-29-13-25-53-51-23-11-27-57(67(51)73-69(53)61)63-43(3)17-9-18-44(63)4)59-37-33-47-32-36-56-60(38-34-48-31-35-55(59)65(47)66(48)56)72(50-22-8-16-42(2)40-50)62-30-14-26-54-52-24-12-28-58(68(52)74-70(54)62)64-45(5)19-10-20-46(64)6/h7-40H,1-6H3. The van der Waals surface area contributed by atoms with Crippen LogP contribution in [0.15, 0.2) is 215 Å². The van der Waals surface area contributed by atoms with Gasteiger partial charge >= 0.3 is 0 Å². The monoisotopic (exact) mass is 952 g/mol. The van der Waals surface area contributed by atoms with Crippen molar-refractivity contribution >= 4 is 110 Å². The topological polar surface area (TPSA) is 32.8 Å². The minimum Gasteiger partial charge on any atom is -0.453 e. The van der Waals surface area contributed by atoms with E-state index >= 15 is 0 Å². The van der Waals surface area contributed by atoms with E-state index in [0.717, 1.165) is 99.9 Å². The van der Waals surface area contributed by atoms with E-state index < -0.39 is 0 Å². The second kappa shape index (κ2) is 16.7. The molecule has 4 nitrogen and oxygen atoms in total. The van der Waals surface area contributed by atoms with Crippen molar-refractivity contribution in [2.45, 2.75) is 41.5 Å². The maximum absolute atomic E-state index is 7.23. The molecule has 2 heterocycles. The van der Waals surface area contributed by atoms with Gasteiger partial charge in [0, 0.05) is 54.8 Å². The van der Waals surface area contributed by atoms with Gasteiger partial charge in [0.2, 0.25) is 0 Å². The zero-order chi connectivity index (χ0) is 49.9. The molecule has 0 saturated heterocycles. The molecule has 0 aliphatic heterocycles. The van der Waals surface area contributed by atoms with E-state index in [1.165, 1.54) is 66.1 Å². The van der Waals surface area contributed by atoms with Gasteiger partial charge in [-0.1, -0.05) is 158 Å². The van der Waals surface area contributed by atoms with Gasteiger partial charge in [0.15, 0.2) is 11.2 Å². The van der Waals surface area contributed by atoms with Crippen molar-refractivity contribution in [2.24, 2.45) is 0 Å². The summed E-state index contributed by atoms with van der Waals surface area (Å²) in [6.07, 6.45) is 0. The fourth-order valence-corrected chi connectivity index (χ4v) is 12.3. The minimum absolute atomic E-state index is 0.852. The predicted molar refractivity (Wildman–Crippen MR) is 313 cm³/mol. The highest BCUT2D eigenvalue weighted by Crippen LogP contribution is 2.51. The summed E-state index contributed by atoms with van der Waals surface area (Å²) >= 11 is 0. The normalized spacial score (nSPS) is 11.9. The molecule has 14 rings (SSSR count). The first kappa shape index (κ1) is 43.7. The highest BCUT2D eigenvalue weighted by Gasteiger charge is 2.27. The summed E-state index contributed by atoms with van der Waals surface area (Å²) in [7, 11) is 0. The lowest BCUT2D eigenvalue weighted by Crippen LogP contribution is -2.12. The van der Waals surface area contributed by atoms with Crippen LogP contribution < -0.4 is 9.80 Å². The average molecular weight is 953 g/mol. The van der Waals surface area contributed by atoms with Gasteiger partial charge in [0.05, 0.1) is 22.7 Å². The number of para-hydroxylation sites is 4. The average Bonchev–Trinajstić information content (AvgIpc) is 4.04. The van der Waals surface area contributed by atoms with Crippen LogP contribution in [0, 0.1) is 41.5 Å². The fraction of sp³-hybridized carbons (Fsp3) is 0.0857. The lowest BCUT2D eigenvalue weighted by Gasteiger charge is -2.29. The molecule has 0 unspecified atom stereocenters. The highest BCUT2D eigenvalue weighted by atomic mass is 16.3. The van der Waals surface area contributed by atoms with Crippen LogP contribution in [0.5, 0.6) is 0 Å². The molecular formula is C70H52N2O2. The van der Waals surface area contributed by atoms with Gasteiger partial charge in [-0.2, -0.15) is 0 Å². The Morgan fingerprint density at radius 2 is 0.635 bits per heavy atom. The van der Waals surface area contributed by atoms with Gasteiger partial charge in [-0.05, 0) is 156 Å². The number of aryl methyl sites for hydroxylation is 6. The number of fused-ring (bicyclic) bond motifs is 6. The summed E-state index contributed by atoms with van der Waals surface area (Å²) in [5.41, 5.74) is 21.7.